The van der Waals surface area contributed by atoms with Gasteiger partial charge in [-0.15, -0.1) is 0 Å². The Labute approximate surface area is 145 Å². The van der Waals surface area contributed by atoms with Crippen molar-refractivity contribution in [3.05, 3.63) is 29.5 Å². The van der Waals surface area contributed by atoms with Gasteiger partial charge in [0.15, 0.2) is 6.10 Å². The third kappa shape index (κ3) is 3.72. The molecule has 0 radical (unpaired) electrons. The number of hydrogen-bond acceptors (Lipinski definition) is 6. The molecule has 8 nitrogen and oxygen atoms in total. The van der Waals surface area contributed by atoms with Gasteiger partial charge in [-0.1, -0.05) is 12.1 Å². The van der Waals surface area contributed by atoms with Gasteiger partial charge in [0.1, 0.15) is 5.82 Å². The molecule has 2 aromatic rings. The van der Waals surface area contributed by atoms with Gasteiger partial charge in [0.2, 0.25) is 5.88 Å². The molecule has 2 aromatic heterocycles. The van der Waals surface area contributed by atoms with Gasteiger partial charge in [-0.3, -0.25) is 14.9 Å². The highest BCUT2D eigenvalue weighted by molar-refractivity contribution is 5.94. The topological polar surface area (TPSA) is 99.2 Å². The fourth-order valence-corrected chi connectivity index (χ4v) is 3.09. The lowest BCUT2D eigenvalue weighted by atomic mass is 9.91. The average molecular weight is 346 g/mol. The number of anilines is 1. The Morgan fingerprint density at radius 1 is 1.40 bits per heavy atom. The van der Waals surface area contributed by atoms with Crippen LogP contribution in [0.15, 0.2) is 16.8 Å². The Hall–Kier alpha value is -2.64. The molecule has 0 saturated heterocycles. The molecule has 8 heteroatoms. The van der Waals surface area contributed by atoms with Gasteiger partial charge in [0.05, 0.1) is 17.3 Å². The number of ether oxygens (including phenoxy) is 1. The van der Waals surface area contributed by atoms with E-state index in [4.69, 9.17) is 9.26 Å². The number of nitrogens with zero attached hydrogens (tertiary/aromatic N) is 3. The number of fused-ring (bicyclic) bond motifs is 1. The molecule has 0 saturated carbocycles. The summed E-state index contributed by atoms with van der Waals surface area (Å²) in [5, 5.41) is 6.23. The summed E-state index contributed by atoms with van der Waals surface area (Å²) in [4.78, 5) is 29.1. The SMILES string of the molecule is Cc1cc(NC(=O)C(C)OC(=O)[C@@H]2C[C@H](C)c3nc(C)cn3C2)on1. The van der Waals surface area contributed by atoms with E-state index in [0.717, 1.165) is 11.5 Å². The number of imidazole rings is 1. The second-order valence-electron chi connectivity index (χ2n) is 6.63. The van der Waals surface area contributed by atoms with Crippen LogP contribution in [-0.4, -0.2) is 32.7 Å². The van der Waals surface area contributed by atoms with E-state index >= 15 is 0 Å². The summed E-state index contributed by atoms with van der Waals surface area (Å²) in [6.07, 6.45) is 1.68. The molecule has 3 rings (SSSR count). The van der Waals surface area contributed by atoms with Gasteiger partial charge in [-0.25, -0.2) is 4.98 Å². The third-order valence-corrected chi connectivity index (χ3v) is 4.29. The van der Waals surface area contributed by atoms with E-state index in [1.165, 1.54) is 6.92 Å². The maximum Gasteiger partial charge on any atom is 0.311 e. The first kappa shape index (κ1) is 17.2. The summed E-state index contributed by atoms with van der Waals surface area (Å²) in [7, 11) is 0. The predicted octanol–water partition coefficient (Wildman–Crippen LogP) is 2.18. The smallest absolute Gasteiger partial charge is 0.311 e. The number of amides is 1. The van der Waals surface area contributed by atoms with E-state index < -0.39 is 12.0 Å². The molecule has 25 heavy (non-hydrogen) atoms. The van der Waals surface area contributed by atoms with E-state index in [-0.39, 0.29) is 23.7 Å². The van der Waals surface area contributed by atoms with E-state index in [9.17, 15) is 9.59 Å². The molecular weight excluding hydrogens is 324 g/mol. The van der Waals surface area contributed by atoms with Crippen LogP contribution >= 0.6 is 0 Å². The van der Waals surface area contributed by atoms with Crippen LogP contribution in [0, 0.1) is 19.8 Å². The van der Waals surface area contributed by atoms with Crippen LogP contribution in [0.3, 0.4) is 0 Å². The second-order valence-corrected chi connectivity index (χ2v) is 6.63. The van der Waals surface area contributed by atoms with E-state index in [2.05, 4.69) is 15.5 Å². The molecule has 1 aliphatic heterocycles. The van der Waals surface area contributed by atoms with Crippen molar-refractivity contribution in [3.8, 4) is 0 Å². The minimum Gasteiger partial charge on any atom is -0.452 e. The van der Waals surface area contributed by atoms with Crippen LogP contribution in [0.1, 0.15) is 43.4 Å². The van der Waals surface area contributed by atoms with Crippen LogP contribution in [0.5, 0.6) is 0 Å². The molecule has 0 aliphatic carbocycles. The summed E-state index contributed by atoms with van der Waals surface area (Å²) in [5.74, 6) is 0.274. The first-order valence-corrected chi connectivity index (χ1v) is 8.32. The van der Waals surface area contributed by atoms with Crippen LogP contribution < -0.4 is 5.32 Å². The Kier molecular flexibility index (Phi) is 4.61. The van der Waals surface area contributed by atoms with Gasteiger partial charge < -0.3 is 13.8 Å². The van der Waals surface area contributed by atoms with E-state index in [1.54, 1.807) is 13.0 Å². The quantitative estimate of drug-likeness (QED) is 0.852. The fraction of sp³-hybridized carbons (Fsp3) is 0.529. The second kappa shape index (κ2) is 6.70. The minimum atomic E-state index is -0.917. The number of carbonyl (C=O) groups is 2. The molecule has 3 atom stereocenters. The Bertz CT molecular complexity index is 794. The van der Waals surface area contributed by atoms with Crippen molar-refractivity contribution >= 4 is 17.8 Å². The standard InChI is InChI=1S/C17H22N4O4/c1-9-5-13(8-21-7-11(3)18-15(9)21)17(23)24-12(4)16(22)19-14-6-10(2)20-25-14/h6-7,9,12-13H,5,8H2,1-4H3,(H,19,22)/t9-,12?,13+/m0/s1. The highest BCUT2D eigenvalue weighted by Crippen LogP contribution is 2.30. The summed E-state index contributed by atoms with van der Waals surface area (Å²) in [6.45, 7) is 7.78. The Morgan fingerprint density at radius 2 is 2.16 bits per heavy atom. The first-order chi connectivity index (χ1) is 11.8. The summed E-state index contributed by atoms with van der Waals surface area (Å²) < 4.78 is 12.3. The zero-order valence-corrected chi connectivity index (χ0v) is 14.8. The van der Waals surface area contributed by atoms with Crippen LogP contribution in [0.2, 0.25) is 0 Å². The van der Waals surface area contributed by atoms with Gasteiger partial charge in [-0.2, -0.15) is 0 Å². The number of carbonyl (C=O) groups excluding carboxylic acids is 2. The largest absolute Gasteiger partial charge is 0.452 e. The van der Waals surface area contributed by atoms with Crippen molar-refractivity contribution in [2.75, 3.05) is 5.32 Å². The number of rotatable bonds is 4. The first-order valence-electron chi connectivity index (χ1n) is 8.32. The molecular formula is C17H22N4O4. The van der Waals surface area contributed by atoms with Crippen LogP contribution in [0.25, 0.3) is 0 Å². The molecule has 0 fully saturated rings. The fourth-order valence-electron chi connectivity index (χ4n) is 3.09. The molecule has 0 spiro atoms. The van der Waals surface area contributed by atoms with E-state index in [0.29, 0.717) is 18.7 Å². The minimum absolute atomic E-state index is 0.168. The number of nitrogens with one attached hydrogen (secondary N) is 1. The molecule has 3 heterocycles. The monoisotopic (exact) mass is 346 g/mol. The van der Waals surface area contributed by atoms with E-state index in [1.807, 2.05) is 24.6 Å². The van der Waals surface area contributed by atoms with Crippen molar-refractivity contribution in [2.24, 2.45) is 5.92 Å². The highest BCUT2D eigenvalue weighted by atomic mass is 16.5. The van der Waals surface area contributed by atoms with Gasteiger partial charge in [0.25, 0.3) is 5.91 Å². The lowest BCUT2D eigenvalue weighted by molar-refractivity contribution is -0.158. The highest BCUT2D eigenvalue weighted by Gasteiger charge is 2.33. The lowest BCUT2D eigenvalue weighted by Crippen LogP contribution is -2.35. The predicted molar refractivity (Wildman–Crippen MR) is 88.9 cm³/mol. The van der Waals surface area contributed by atoms with Crippen molar-refractivity contribution in [3.63, 3.8) is 0 Å². The zero-order chi connectivity index (χ0) is 18.1. The summed E-state index contributed by atoms with van der Waals surface area (Å²) in [5.41, 5.74) is 1.59. The molecule has 1 unspecified atom stereocenters. The number of hydrogen-bond donors (Lipinski definition) is 1. The Balaban J connectivity index is 1.59. The number of aromatic nitrogens is 3. The van der Waals surface area contributed by atoms with Gasteiger partial charge in [0, 0.05) is 24.7 Å². The molecule has 1 N–H and O–H groups in total. The third-order valence-electron chi connectivity index (χ3n) is 4.29. The molecule has 1 amide bonds. The maximum absolute atomic E-state index is 12.5. The average Bonchev–Trinajstić information content (AvgIpc) is 3.12. The number of aryl methyl sites for hydroxylation is 2. The molecule has 0 aromatic carbocycles. The zero-order valence-electron chi connectivity index (χ0n) is 14.8. The molecule has 1 aliphatic rings. The van der Waals surface area contributed by atoms with Crippen molar-refractivity contribution in [1.29, 1.82) is 0 Å². The van der Waals surface area contributed by atoms with Gasteiger partial charge in [-0.05, 0) is 27.2 Å². The van der Waals surface area contributed by atoms with Crippen molar-refractivity contribution < 1.29 is 18.8 Å². The summed E-state index contributed by atoms with van der Waals surface area (Å²) in [6, 6.07) is 1.60. The normalized spacial score (nSPS) is 20.6. The van der Waals surface area contributed by atoms with Crippen LogP contribution in [-0.2, 0) is 20.9 Å². The Morgan fingerprint density at radius 3 is 2.84 bits per heavy atom. The van der Waals surface area contributed by atoms with Crippen LogP contribution in [0.4, 0.5) is 5.88 Å². The summed E-state index contributed by atoms with van der Waals surface area (Å²) >= 11 is 0. The number of esters is 1. The van der Waals surface area contributed by atoms with Crippen molar-refractivity contribution in [1.82, 2.24) is 14.7 Å². The maximum atomic E-state index is 12.5. The van der Waals surface area contributed by atoms with Gasteiger partial charge >= 0.3 is 5.97 Å². The molecule has 134 valence electrons. The van der Waals surface area contributed by atoms with Crippen molar-refractivity contribution in [2.45, 2.75) is 52.7 Å². The molecule has 0 bridgehead atoms. The lowest BCUT2D eigenvalue weighted by Gasteiger charge is -2.27.